The van der Waals surface area contributed by atoms with Crippen molar-refractivity contribution < 1.29 is 17.9 Å². The zero-order valence-electron chi connectivity index (χ0n) is 18.6. The van der Waals surface area contributed by atoms with Crippen molar-refractivity contribution in [1.82, 2.24) is 4.31 Å². The summed E-state index contributed by atoms with van der Waals surface area (Å²) in [5.41, 5.74) is 3.47. The molecule has 0 amide bonds. The number of methoxy groups -OCH3 is 1. The molecule has 1 aromatic rings. The fraction of sp³-hybridized carbons (Fsp3) is 0.542. The standard InChI is InChI=1S/C24H33NO4S/c1-17-6-13-21(14-7-17)30(27,28)25-16-19(10-15-22(25)23(26)29-5)18-8-11-20(12-9-18)24(2,3)4/h6-8,10,13-14,20,22H,9,11-12,15-16H2,1-5H3/t20?,22-/m1/s1. The smallest absolute Gasteiger partial charge is 0.324 e. The summed E-state index contributed by atoms with van der Waals surface area (Å²) in [6, 6.07) is 5.92. The molecule has 0 aromatic heterocycles. The Morgan fingerprint density at radius 3 is 2.23 bits per heavy atom. The first-order valence-corrected chi connectivity index (χ1v) is 12.0. The van der Waals surface area contributed by atoms with Crippen LogP contribution in [0.25, 0.3) is 0 Å². The highest BCUT2D eigenvalue weighted by molar-refractivity contribution is 7.89. The summed E-state index contributed by atoms with van der Waals surface area (Å²) in [6.45, 7) is 8.92. The molecule has 0 radical (unpaired) electrons. The van der Waals surface area contributed by atoms with E-state index in [0.29, 0.717) is 12.3 Å². The van der Waals surface area contributed by atoms with Gasteiger partial charge in [-0.05, 0) is 67.2 Å². The minimum Gasteiger partial charge on any atom is -0.468 e. The molecule has 2 aliphatic rings. The van der Waals surface area contributed by atoms with Gasteiger partial charge in [0, 0.05) is 6.54 Å². The number of hydrogen-bond acceptors (Lipinski definition) is 4. The van der Waals surface area contributed by atoms with Gasteiger partial charge in [0.2, 0.25) is 10.0 Å². The van der Waals surface area contributed by atoms with Crippen molar-refractivity contribution in [2.24, 2.45) is 11.3 Å². The van der Waals surface area contributed by atoms with E-state index in [9.17, 15) is 13.2 Å². The van der Waals surface area contributed by atoms with E-state index in [-0.39, 0.29) is 16.9 Å². The van der Waals surface area contributed by atoms with Gasteiger partial charge in [-0.25, -0.2) is 8.42 Å². The normalized spacial score (nSPS) is 23.5. The van der Waals surface area contributed by atoms with Gasteiger partial charge in [0.05, 0.1) is 12.0 Å². The topological polar surface area (TPSA) is 63.7 Å². The Kier molecular flexibility index (Phi) is 6.58. The molecule has 1 aliphatic heterocycles. The van der Waals surface area contributed by atoms with Crippen LogP contribution < -0.4 is 0 Å². The number of carbonyl (C=O) groups is 1. The van der Waals surface area contributed by atoms with Crippen LogP contribution >= 0.6 is 0 Å². The quantitative estimate of drug-likeness (QED) is 0.652. The summed E-state index contributed by atoms with van der Waals surface area (Å²) in [6.07, 6.45) is 7.65. The van der Waals surface area contributed by atoms with E-state index < -0.39 is 22.0 Å². The van der Waals surface area contributed by atoms with E-state index >= 15 is 0 Å². The number of aryl methyl sites for hydroxylation is 1. The molecule has 1 aliphatic carbocycles. The number of allylic oxidation sites excluding steroid dienone is 1. The molecule has 0 fully saturated rings. The molecule has 1 aromatic carbocycles. The molecule has 164 valence electrons. The summed E-state index contributed by atoms with van der Waals surface area (Å²) >= 11 is 0. The van der Waals surface area contributed by atoms with Crippen molar-refractivity contribution in [3.63, 3.8) is 0 Å². The Labute approximate surface area is 180 Å². The highest BCUT2D eigenvalue weighted by Gasteiger charge is 2.39. The van der Waals surface area contributed by atoms with Gasteiger partial charge >= 0.3 is 5.97 Å². The number of sulfonamides is 1. The second-order valence-electron chi connectivity index (χ2n) is 9.43. The summed E-state index contributed by atoms with van der Waals surface area (Å²) in [5.74, 6) is 0.104. The average Bonchev–Trinajstić information content (AvgIpc) is 2.72. The molecule has 0 spiro atoms. The highest BCUT2D eigenvalue weighted by atomic mass is 32.2. The summed E-state index contributed by atoms with van der Waals surface area (Å²) in [4.78, 5) is 12.6. The molecule has 2 atom stereocenters. The number of benzene rings is 1. The van der Waals surface area contributed by atoms with Crippen molar-refractivity contribution in [3.8, 4) is 0 Å². The van der Waals surface area contributed by atoms with Gasteiger partial charge in [0.25, 0.3) is 0 Å². The first-order chi connectivity index (χ1) is 14.0. The van der Waals surface area contributed by atoms with Gasteiger partial charge in [-0.1, -0.05) is 50.6 Å². The molecule has 0 saturated heterocycles. The molecule has 0 saturated carbocycles. The molecule has 1 unspecified atom stereocenters. The van der Waals surface area contributed by atoms with E-state index in [4.69, 9.17) is 4.74 Å². The van der Waals surface area contributed by atoms with Crippen molar-refractivity contribution in [1.29, 1.82) is 0 Å². The predicted molar refractivity (Wildman–Crippen MR) is 118 cm³/mol. The summed E-state index contributed by atoms with van der Waals surface area (Å²) < 4.78 is 33.1. The largest absolute Gasteiger partial charge is 0.468 e. The maximum atomic E-state index is 13.4. The lowest BCUT2D eigenvalue weighted by Gasteiger charge is -2.36. The van der Waals surface area contributed by atoms with E-state index in [1.54, 1.807) is 24.3 Å². The van der Waals surface area contributed by atoms with Crippen molar-refractivity contribution in [2.75, 3.05) is 13.7 Å². The number of rotatable bonds is 4. The van der Waals surface area contributed by atoms with Gasteiger partial charge in [-0.15, -0.1) is 0 Å². The minimum absolute atomic E-state index is 0.196. The van der Waals surface area contributed by atoms with E-state index in [2.05, 4.69) is 26.8 Å². The van der Waals surface area contributed by atoms with Gasteiger partial charge in [0.15, 0.2) is 0 Å². The predicted octanol–water partition coefficient (Wildman–Crippen LogP) is 4.63. The monoisotopic (exact) mass is 431 g/mol. The van der Waals surface area contributed by atoms with Gasteiger partial charge in [-0.3, -0.25) is 4.79 Å². The van der Waals surface area contributed by atoms with Crippen LogP contribution in [-0.2, 0) is 19.6 Å². The Balaban J connectivity index is 1.90. The Hall–Kier alpha value is -1.92. The van der Waals surface area contributed by atoms with Crippen LogP contribution in [0.4, 0.5) is 0 Å². The molecule has 1 heterocycles. The maximum Gasteiger partial charge on any atom is 0.324 e. The minimum atomic E-state index is -3.82. The number of hydrogen-bond donors (Lipinski definition) is 0. The van der Waals surface area contributed by atoms with Crippen LogP contribution in [0.1, 0.15) is 52.0 Å². The fourth-order valence-corrected chi connectivity index (χ4v) is 5.87. The molecule has 0 N–H and O–H groups in total. The third-order valence-corrected chi connectivity index (χ3v) is 8.28. The number of ether oxygens (including phenoxy) is 1. The fourth-order valence-electron chi connectivity index (χ4n) is 4.31. The lowest BCUT2D eigenvalue weighted by atomic mass is 9.72. The van der Waals surface area contributed by atoms with Crippen LogP contribution in [-0.4, -0.2) is 38.4 Å². The highest BCUT2D eigenvalue weighted by Crippen LogP contribution is 2.40. The summed E-state index contributed by atoms with van der Waals surface area (Å²) in [5, 5.41) is 0. The van der Waals surface area contributed by atoms with Crippen LogP contribution in [0.5, 0.6) is 0 Å². The second-order valence-corrected chi connectivity index (χ2v) is 11.3. The number of carbonyl (C=O) groups excluding carboxylic acids is 1. The third-order valence-electron chi connectivity index (χ3n) is 6.41. The molecule has 6 heteroatoms. The molecule has 5 nitrogen and oxygen atoms in total. The second kappa shape index (κ2) is 8.67. The zero-order chi connectivity index (χ0) is 22.1. The Morgan fingerprint density at radius 2 is 1.70 bits per heavy atom. The van der Waals surface area contributed by atoms with Gasteiger partial charge < -0.3 is 4.74 Å². The molecular formula is C24H33NO4S. The van der Waals surface area contributed by atoms with Crippen molar-refractivity contribution in [2.45, 2.75) is 64.3 Å². The van der Waals surface area contributed by atoms with Crippen LogP contribution in [0.2, 0.25) is 0 Å². The first-order valence-electron chi connectivity index (χ1n) is 10.6. The lowest BCUT2D eigenvalue weighted by Crippen LogP contribution is -2.48. The van der Waals surface area contributed by atoms with Crippen LogP contribution in [0.15, 0.2) is 52.5 Å². The van der Waals surface area contributed by atoms with Crippen molar-refractivity contribution in [3.05, 3.63) is 53.1 Å². The first kappa shape index (κ1) is 22.8. The van der Waals surface area contributed by atoms with Crippen molar-refractivity contribution >= 4 is 16.0 Å². The number of esters is 1. The zero-order valence-corrected chi connectivity index (χ0v) is 19.5. The van der Waals surface area contributed by atoms with E-state index in [1.165, 1.54) is 17.0 Å². The Bertz CT molecular complexity index is 952. The third kappa shape index (κ3) is 4.70. The maximum absolute atomic E-state index is 13.4. The lowest BCUT2D eigenvalue weighted by molar-refractivity contribution is -0.145. The molecular weight excluding hydrogens is 398 g/mol. The molecule has 0 bridgehead atoms. The summed E-state index contributed by atoms with van der Waals surface area (Å²) in [7, 11) is -2.52. The van der Waals surface area contributed by atoms with Crippen LogP contribution in [0, 0.1) is 18.3 Å². The van der Waals surface area contributed by atoms with E-state index in [1.807, 2.05) is 13.0 Å². The number of nitrogens with zero attached hydrogens (tertiary/aromatic N) is 1. The van der Waals surface area contributed by atoms with E-state index in [0.717, 1.165) is 30.4 Å². The molecule has 3 rings (SSSR count). The SMILES string of the molecule is COC(=O)[C@H]1CC=C(C2=CCC(C(C)(C)C)CC2)CN1S(=O)(=O)c1ccc(C)cc1. The van der Waals surface area contributed by atoms with Crippen LogP contribution in [0.3, 0.4) is 0 Å². The Morgan fingerprint density at radius 1 is 1.07 bits per heavy atom. The van der Waals surface area contributed by atoms with Gasteiger partial charge in [0.1, 0.15) is 6.04 Å². The molecule has 30 heavy (non-hydrogen) atoms. The average molecular weight is 432 g/mol. The van der Waals surface area contributed by atoms with Gasteiger partial charge in [-0.2, -0.15) is 4.31 Å².